The van der Waals surface area contributed by atoms with Crippen LogP contribution in [0.2, 0.25) is 0 Å². The molecule has 0 atom stereocenters. The minimum atomic E-state index is -0.373. The Morgan fingerprint density at radius 2 is 1.81 bits per heavy atom. The first kappa shape index (κ1) is 18.4. The molecule has 2 aromatic carbocycles. The molecule has 0 bridgehead atoms. The van der Waals surface area contributed by atoms with Gasteiger partial charge in [0, 0.05) is 28.7 Å². The van der Waals surface area contributed by atoms with Crippen LogP contribution in [0.1, 0.15) is 21.6 Å². The predicted molar refractivity (Wildman–Crippen MR) is 109 cm³/mol. The molecule has 0 unspecified atom stereocenters. The van der Waals surface area contributed by atoms with Crippen LogP contribution in [0.5, 0.6) is 5.75 Å². The molecule has 0 aliphatic carbocycles. The molecule has 1 heterocycles. The lowest BCUT2D eigenvalue weighted by Crippen LogP contribution is -2.17. The van der Waals surface area contributed by atoms with Crippen molar-refractivity contribution < 1.29 is 9.90 Å². The Labute approximate surface area is 167 Å². The van der Waals surface area contributed by atoms with Crippen LogP contribution in [0.25, 0.3) is 5.69 Å². The number of para-hydroxylation sites is 1. The number of hydrazone groups is 1. The average molecular weight is 477 g/mol. The maximum absolute atomic E-state index is 12.2. The van der Waals surface area contributed by atoms with Crippen LogP contribution in [-0.4, -0.2) is 21.8 Å². The summed E-state index contributed by atoms with van der Waals surface area (Å²) in [5, 5.41) is 13.7. The van der Waals surface area contributed by atoms with Gasteiger partial charge in [-0.1, -0.05) is 18.2 Å². The van der Waals surface area contributed by atoms with Crippen LogP contribution >= 0.6 is 31.9 Å². The molecular weight excluding hydrogens is 462 g/mol. The smallest absolute Gasteiger partial charge is 0.271 e. The number of aryl methyl sites for hydroxylation is 1. The molecule has 0 saturated heterocycles. The van der Waals surface area contributed by atoms with Gasteiger partial charge in [-0.2, -0.15) is 5.10 Å². The van der Waals surface area contributed by atoms with Crippen LogP contribution in [0.15, 0.2) is 68.8 Å². The minimum Gasteiger partial charge on any atom is -0.506 e. The zero-order valence-electron chi connectivity index (χ0n) is 13.8. The van der Waals surface area contributed by atoms with Gasteiger partial charge >= 0.3 is 0 Å². The number of carbonyl (C=O) groups excluding carboxylic acids is 1. The minimum absolute atomic E-state index is 0.0442. The Morgan fingerprint density at radius 1 is 1.15 bits per heavy atom. The summed E-state index contributed by atoms with van der Waals surface area (Å²) in [6.45, 7) is 2.01. The summed E-state index contributed by atoms with van der Waals surface area (Å²) in [7, 11) is 0. The predicted octanol–water partition coefficient (Wildman–Crippen LogP) is 4.78. The van der Waals surface area contributed by atoms with Gasteiger partial charge in [0.25, 0.3) is 5.91 Å². The molecule has 7 heteroatoms. The second-order valence-electron chi connectivity index (χ2n) is 5.61. The zero-order valence-corrected chi connectivity index (χ0v) is 17.0. The van der Waals surface area contributed by atoms with Gasteiger partial charge in [0.05, 0.1) is 15.2 Å². The number of aromatic hydroxyl groups is 1. The van der Waals surface area contributed by atoms with E-state index in [1.807, 2.05) is 49.5 Å². The highest BCUT2D eigenvalue weighted by molar-refractivity contribution is 9.11. The summed E-state index contributed by atoms with van der Waals surface area (Å²) < 4.78 is 2.91. The molecule has 0 aliphatic rings. The number of aromatic nitrogens is 1. The van der Waals surface area contributed by atoms with Crippen molar-refractivity contribution in [1.82, 2.24) is 9.99 Å². The lowest BCUT2D eigenvalue weighted by molar-refractivity contribution is 0.0955. The first-order chi connectivity index (χ1) is 12.5. The Balaban J connectivity index is 1.72. The third kappa shape index (κ3) is 4.05. The van der Waals surface area contributed by atoms with Crippen molar-refractivity contribution in [3.05, 3.63) is 80.5 Å². The summed E-state index contributed by atoms with van der Waals surface area (Å²) in [5.74, 6) is -0.329. The zero-order chi connectivity index (χ0) is 18.7. The van der Waals surface area contributed by atoms with Crippen LogP contribution in [0, 0.1) is 6.92 Å². The SMILES string of the molecule is Cc1cc(/C=N\NC(=O)c2cc(Br)c(O)c(Br)c2)cn1-c1ccccc1. The van der Waals surface area contributed by atoms with Crippen LogP contribution < -0.4 is 5.43 Å². The number of hydrogen-bond donors (Lipinski definition) is 2. The van der Waals surface area contributed by atoms with Gasteiger partial charge < -0.3 is 9.67 Å². The fraction of sp³-hybridized carbons (Fsp3) is 0.0526. The van der Waals surface area contributed by atoms with E-state index in [-0.39, 0.29) is 11.7 Å². The molecule has 0 radical (unpaired) electrons. The normalized spacial score (nSPS) is 11.0. The number of nitrogens with zero attached hydrogens (tertiary/aromatic N) is 2. The van der Waals surface area contributed by atoms with E-state index in [0.717, 1.165) is 16.9 Å². The third-order valence-electron chi connectivity index (χ3n) is 3.73. The molecule has 3 rings (SSSR count). The Kier molecular flexibility index (Phi) is 5.58. The molecule has 26 heavy (non-hydrogen) atoms. The molecule has 132 valence electrons. The van der Waals surface area contributed by atoms with E-state index in [0.29, 0.717) is 14.5 Å². The summed E-state index contributed by atoms with van der Waals surface area (Å²) in [6.07, 6.45) is 3.54. The highest BCUT2D eigenvalue weighted by atomic mass is 79.9. The standard InChI is InChI=1S/C19H15Br2N3O2/c1-12-7-13(11-24(12)15-5-3-2-4-6-15)10-22-23-19(26)14-8-16(20)18(25)17(21)9-14/h2-11,25H,1H3,(H,23,26)/b22-10-. The average Bonchev–Trinajstić information content (AvgIpc) is 3.00. The van der Waals surface area contributed by atoms with E-state index in [9.17, 15) is 9.90 Å². The number of halogens is 2. The maximum Gasteiger partial charge on any atom is 0.271 e. The van der Waals surface area contributed by atoms with E-state index in [4.69, 9.17) is 0 Å². The van der Waals surface area contributed by atoms with Crippen LogP contribution in [0.4, 0.5) is 0 Å². The molecule has 0 fully saturated rings. The molecule has 1 amide bonds. The number of nitrogens with one attached hydrogen (secondary N) is 1. The van der Waals surface area contributed by atoms with Crippen molar-refractivity contribution in [2.45, 2.75) is 6.92 Å². The van der Waals surface area contributed by atoms with Crippen molar-refractivity contribution in [1.29, 1.82) is 0 Å². The van der Waals surface area contributed by atoms with Crippen LogP contribution in [-0.2, 0) is 0 Å². The first-order valence-corrected chi connectivity index (χ1v) is 9.30. The van der Waals surface area contributed by atoms with E-state index >= 15 is 0 Å². The first-order valence-electron chi connectivity index (χ1n) is 7.71. The summed E-state index contributed by atoms with van der Waals surface area (Å²) in [5.41, 5.74) is 5.86. The summed E-state index contributed by atoms with van der Waals surface area (Å²) in [4.78, 5) is 12.2. The fourth-order valence-electron chi connectivity index (χ4n) is 2.46. The lowest BCUT2D eigenvalue weighted by atomic mass is 10.2. The Bertz CT molecular complexity index is 959. The second-order valence-corrected chi connectivity index (χ2v) is 7.32. The van der Waals surface area contributed by atoms with E-state index < -0.39 is 0 Å². The van der Waals surface area contributed by atoms with Crippen molar-refractivity contribution in [3.63, 3.8) is 0 Å². The van der Waals surface area contributed by atoms with Crippen molar-refractivity contribution in [2.75, 3.05) is 0 Å². The number of benzene rings is 2. The number of carbonyl (C=O) groups is 1. The molecule has 5 nitrogen and oxygen atoms in total. The highest BCUT2D eigenvalue weighted by Gasteiger charge is 2.11. The fourth-order valence-corrected chi connectivity index (χ4v) is 3.65. The van der Waals surface area contributed by atoms with Gasteiger partial charge in [-0.05, 0) is 69.1 Å². The number of amides is 1. The van der Waals surface area contributed by atoms with Gasteiger partial charge in [0.2, 0.25) is 0 Å². The summed E-state index contributed by atoms with van der Waals surface area (Å²) >= 11 is 6.40. The van der Waals surface area contributed by atoms with E-state index in [2.05, 4.69) is 47.0 Å². The van der Waals surface area contributed by atoms with Crippen LogP contribution in [0.3, 0.4) is 0 Å². The lowest BCUT2D eigenvalue weighted by Gasteiger charge is -2.04. The van der Waals surface area contributed by atoms with E-state index in [1.54, 1.807) is 6.21 Å². The maximum atomic E-state index is 12.2. The van der Waals surface area contributed by atoms with Crippen molar-refractivity contribution in [2.24, 2.45) is 5.10 Å². The quantitative estimate of drug-likeness (QED) is 0.420. The van der Waals surface area contributed by atoms with Gasteiger partial charge in [-0.15, -0.1) is 0 Å². The highest BCUT2D eigenvalue weighted by Crippen LogP contribution is 2.33. The molecule has 0 spiro atoms. The molecular formula is C19H15Br2N3O2. The van der Waals surface area contributed by atoms with E-state index in [1.165, 1.54) is 12.1 Å². The van der Waals surface area contributed by atoms with Gasteiger partial charge in [-0.3, -0.25) is 4.79 Å². The number of hydrogen-bond acceptors (Lipinski definition) is 3. The van der Waals surface area contributed by atoms with Gasteiger partial charge in [-0.25, -0.2) is 5.43 Å². The molecule has 1 aromatic heterocycles. The number of rotatable bonds is 4. The van der Waals surface area contributed by atoms with Crippen molar-refractivity contribution >= 4 is 44.0 Å². The topological polar surface area (TPSA) is 66.6 Å². The summed E-state index contributed by atoms with van der Waals surface area (Å²) in [6, 6.07) is 15.0. The molecule has 3 aromatic rings. The monoisotopic (exact) mass is 475 g/mol. The van der Waals surface area contributed by atoms with Gasteiger partial charge in [0.1, 0.15) is 5.75 Å². The number of phenols is 1. The third-order valence-corrected chi connectivity index (χ3v) is 4.94. The molecule has 0 saturated carbocycles. The molecule has 0 aliphatic heterocycles. The Hall–Kier alpha value is -2.38. The largest absolute Gasteiger partial charge is 0.506 e. The number of phenolic OH excluding ortho intramolecular Hbond substituents is 1. The second kappa shape index (κ2) is 7.88. The molecule has 2 N–H and O–H groups in total. The van der Waals surface area contributed by atoms with Crippen molar-refractivity contribution in [3.8, 4) is 11.4 Å². The van der Waals surface area contributed by atoms with Gasteiger partial charge in [0.15, 0.2) is 0 Å². The Morgan fingerprint density at radius 3 is 2.46 bits per heavy atom.